The number of rotatable bonds is 5. The Balaban J connectivity index is 2.11. The Morgan fingerprint density at radius 3 is 2.26 bits per heavy atom. The van der Waals surface area contributed by atoms with Gasteiger partial charge in [0.1, 0.15) is 5.75 Å². The number of aryl methyl sites for hydroxylation is 3. The van der Waals surface area contributed by atoms with E-state index in [1.807, 2.05) is 26.0 Å². The molecule has 1 atom stereocenters. The first kappa shape index (κ1) is 17.1. The first-order chi connectivity index (χ1) is 10.9. The van der Waals surface area contributed by atoms with Crippen LogP contribution in [-0.4, -0.2) is 12.5 Å². The van der Waals surface area contributed by atoms with Crippen molar-refractivity contribution in [3.63, 3.8) is 0 Å². The molecule has 2 rings (SSSR count). The van der Waals surface area contributed by atoms with Crippen molar-refractivity contribution in [3.05, 3.63) is 64.2 Å². The molecular weight excluding hydrogens is 286 g/mol. The molecule has 0 spiro atoms. The summed E-state index contributed by atoms with van der Waals surface area (Å²) < 4.78 is 5.40. The van der Waals surface area contributed by atoms with Crippen molar-refractivity contribution in [1.82, 2.24) is 5.32 Å². The molecule has 122 valence electrons. The number of hydrogen-bond acceptors (Lipinski definition) is 2. The molecule has 0 aliphatic heterocycles. The first-order valence-electron chi connectivity index (χ1n) is 8.03. The number of hydrogen-bond donors (Lipinski definition) is 1. The van der Waals surface area contributed by atoms with E-state index in [4.69, 9.17) is 4.74 Å². The summed E-state index contributed by atoms with van der Waals surface area (Å²) in [5.74, 6) is 0.709. The van der Waals surface area contributed by atoms with Crippen LogP contribution in [0.2, 0.25) is 0 Å². The lowest BCUT2D eigenvalue weighted by atomic mass is 9.96. The predicted octanol–water partition coefficient (Wildman–Crippen LogP) is 4.50. The highest BCUT2D eigenvalue weighted by molar-refractivity contribution is 5.94. The zero-order valence-corrected chi connectivity index (χ0v) is 14.6. The van der Waals surface area contributed by atoms with Crippen molar-refractivity contribution < 1.29 is 9.53 Å². The molecule has 0 heterocycles. The molecule has 1 N–H and O–H groups in total. The Bertz CT molecular complexity index is 690. The molecule has 0 unspecified atom stereocenters. The number of amides is 1. The quantitative estimate of drug-likeness (QED) is 0.883. The number of carbonyl (C=O) groups is 1. The van der Waals surface area contributed by atoms with Crippen molar-refractivity contribution in [2.24, 2.45) is 0 Å². The van der Waals surface area contributed by atoms with Crippen molar-refractivity contribution >= 4 is 5.91 Å². The molecule has 0 saturated heterocycles. The Kier molecular flexibility index (Phi) is 5.43. The van der Waals surface area contributed by atoms with Crippen LogP contribution in [0.15, 0.2) is 36.4 Å². The molecular formula is C20H25NO2. The molecule has 0 bridgehead atoms. The highest BCUT2D eigenvalue weighted by atomic mass is 16.5. The van der Waals surface area contributed by atoms with E-state index < -0.39 is 0 Å². The third-order valence-electron chi connectivity index (χ3n) is 4.12. The van der Waals surface area contributed by atoms with Gasteiger partial charge >= 0.3 is 0 Å². The minimum absolute atomic E-state index is 0.0339. The van der Waals surface area contributed by atoms with Gasteiger partial charge in [-0.1, -0.05) is 12.1 Å². The van der Waals surface area contributed by atoms with Gasteiger partial charge in [0.2, 0.25) is 0 Å². The van der Waals surface area contributed by atoms with E-state index >= 15 is 0 Å². The van der Waals surface area contributed by atoms with Crippen LogP contribution in [0, 0.1) is 20.8 Å². The van der Waals surface area contributed by atoms with E-state index in [-0.39, 0.29) is 11.9 Å². The molecule has 3 heteroatoms. The number of benzene rings is 2. The fourth-order valence-electron chi connectivity index (χ4n) is 2.68. The monoisotopic (exact) mass is 311 g/mol. The van der Waals surface area contributed by atoms with Crippen LogP contribution in [0.5, 0.6) is 5.75 Å². The molecule has 0 saturated carbocycles. The molecule has 2 aromatic carbocycles. The van der Waals surface area contributed by atoms with Gasteiger partial charge in [0, 0.05) is 5.56 Å². The van der Waals surface area contributed by atoms with Crippen LogP contribution in [-0.2, 0) is 0 Å². The second kappa shape index (κ2) is 7.32. The molecule has 1 amide bonds. The largest absolute Gasteiger partial charge is 0.494 e. The van der Waals surface area contributed by atoms with E-state index in [1.54, 1.807) is 12.1 Å². The average molecular weight is 311 g/mol. The van der Waals surface area contributed by atoms with E-state index in [9.17, 15) is 4.79 Å². The van der Waals surface area contributed by atoms with Gasteiger partial charge in [0.05, 0.1) is 12.6 Å². The summed E-state index contributed by atoms with van der Waals surface area (Å²) in [6.45, 7) is 10.9. The number of nitrogens with one attached hydrogen (secondary N) is 1. The molecule has 0 fully saturated rings. The summed E-state index contributed by atoms with van der Waals surface area (Å²) >= 11 is 0. The highest BCUT2D eigenvalue weighted by Gasteiger charge is 2.14. The smallest absolute Gasteiger partial charge is 0.251 e. The summed E-state index contributed by atoms with van der Waals surface area (Å²) in [7, 11) is 0. The van der Waals surface area contributed by atoms with Crippen LogP contribution in [0.4, 0.5) is 0 Å². The molecule has 2 aromatic rings. The van der Waals surface area contributed by atoms with Crippen LogP contribution in [0.25, 0.3) is 0 Å². The Morgan fingerprint density at radius 2 is 1.65 bits per heavy atom. The van der Waals surface area contributed by atoms with E-state index in [0.717, 1.165) is 11.3 Å². The van der Waals surface area contributed by atoms with E-state index in [2.05, 4.69) is 38.2 Å². The molecule has 23 heavy (non-hydrogen) atoms. The summed E-state index contributed by atoms with van der Waals surface area (Å²) in [5.41, 5.74) is 5.52. The zero-order valence-electron chi connectivity index (χ0n) is 14.6. The predicted molar refractivity (Wildman–Crippen MR) is 94.1 cm³/mol. The topological polar surface area (TPSA) is 38.3 Å². The maximum Gasteiger partial charge on any atom is 0.251 e. The van der Waals surface area contributed by atoms with Crippen molar-refractivity contribution in [2.45, 2.75) is 40.7 Å². The molecule has 0 radical (unpaired) electrons. The fourth-order valence-corrected chi connectivity index (χ4v) is 2.68. The van der Waals surface area contributed by atoms with Gasteiger partial charge in [0.25, 0.3) is 5.91 Å². The second-order valence-electron chi connectivity index (χ2n) is 5.95. The van der Waals surface area contributed by atoms with Crippen LogP contribution < -0.4 is 10.1 Å². The lowest BCUT2D eigenvalue weighted by Crippen LogP contribution is -2.27. The molecule has 0 aliphatic rings. The van der Waals surface area contributed by atoms with E-state index in [1.165, 1.54) is 16.7 Å². The van der Waals surface area contributed by atoms with E-state index in [0.29, 0.717) is 12.2 Å². The number of carbonyl (C=O) groups excluding carboxylic acids is 1. The summed E-state index contributed by atoms with van der Waals surface area (Å²) in [4.78, 5) is 12.4. The standard InChI is InChI=1S/C20H25NO2/c1-6-23-18-9-7-17(8-10-18)20(22)21-16(5)19-12-14(3)13(2)11-15(19)4/h7-12,16H,6H2,1-5H3,(H,21,22)/t16-/m0/s1. The van der Waals surface area contributed by atoms with Gasteiger partial charge in [-0.15, -0.1) is 0 Å². The van der Waals surface area contributed by atoms with Gasteiger partial charge < -0.3 is 10.1 Å². The maximum absolute atomic E-state index is 12.4. The summed E-state index contributed by atoms with van der Waals surface area (Å²) in [6, 6.07) is 11.5. The third kappa shape index (κ3) is 4.13. The second-order valence-corrected chi connectivity index (χ2v) is 5.95. The van der Waals surface area contributed by atoms with Crippen LogP contribution in [0.3, 0.4) is 0 Å². The van der Waals surface area contributed by atoms with Gasteiger partial charge in [-0.25, -0.2) is 0 Å². The Morgan fingerprint density at radius 1 is 1.04 bits per heavy atom. The lowest BCUT2D eigenvalue weighted by Gasteiger charge is -2.18. The van der Waals surface area contributed by atoms with Gasteiger partial charge in [-0.2, -0.15) is 0 Å². The Labute approximate surface area is 138 Å². The third-order valence-corrected chi connectivity index (χ3v) is 4.12. The lowest BCUT2D eigenvalue weighted by molar-refractivity contribution is 0.0940. The Hall–Kier alpha value is -2.29. The molecule has 0 aliphatic carbocycles. The van der Waals surface area contributed by atoms with Gasteiger partial charge in [-0.3, -0.25) is 4.79 Å². The summed E-state index contributed by atoms with van der Waals surface area (Å²) in [5, 5.41) is 3.07. The number of ether oxygens (including phenoxy) is 1. The zero-order chi connectivity index (χ0) is 17.0. The minimum atomic E-state index is -0.0711. The highest BCUT2D eigenvalue weighted by Crippen LogP contribution is 2.22. The normalized spacial score (nSPS) is 11.9. The van der Waals surface area contributed by atoms with Crippen LogP contribution in [0.1, 0.15) is 52.5 Å². The van der Waals surface area contributed by atoms with Crippen molar-refractivity contribution in [2.75, 3.05) is 6.61 Å². The van der Waals surface area contributed by atoms with Crippen molar-refractivity contribution in [3.8, 4) is 5.75 Å². The fraction of sp³-hybridized carbons (Fsp3) is 0.350. The summed E-state index contributed by atoms with van der Waals surface area (Å²) in [6.07, 6.45) is 0. The maximum atomic E-state index is 12.4. The van der Waals surface area contributed by atoms with Gasteiger partial charge in [0.15, 0.2) is 0 Å². The van der Waals surface area contributed by atoms with Crippen LogP contribution >= 0.6 is 0 Å². The van der Waals surface area contributed by atoms with Crippen molar-refractivity contribution in [1.29, 1.82) is 0 Å². The minimum Gasteiger partial charge on any atom is -0.494 e. The molecule has 3 nitrogen and oxygen atoms in total. The first-order valence-corrected chi connectivity index (χ1v) is 8.03. The SMILES string of the molecule is CCOc1ccc(C(=O)N[C@@H](C)c2cc(C)c(C)cc2C)cc1. The van der Waals surface area contributed by atoms with Gasteiger partial charge in [-0.05, 0) is 81.1 Å². The average Bonchev–Trinajstić information content (AvgIpc) is 2.51. The molecule has 0 aromatic heterocycles.